The highest BCUT2D eigenvalue weighted by molar-refractivity contribution is 6.33. The van der Waals surface area contributed by atoms with E-state index < -0.39 is 0 Å². The van der Waals surface area contributed by atoms with Gasteiger partial charge < -0.3 is 15.0 Å². The fraction of sp³-hybridized carbons (Fsp3) is 0.533. The van der Waals surface area contributed by atoms with Gasteiger partial charge in [-0.1, -0.05) is 11.6 Å². The van der Waals surface area contributed by atoms with E-state index in [4.69, 9.17) is 17.3 Å². The molecule has 0 amide bonds. The van der Waals surface area contributed by atoms with Gasteiger partial charge in [-0.15, -0.1) is 0 Å². The topological polar surface area (TPSA) is 46.6 Å². The second kappa shape index (κ2) is 5.26. The summed E-state index contributed by atoms with van der Waals surface area (Å²) in [4.78, 5) is 7.09. The fourth-order valence-corrected chi connectivity index (χ4v) is 3.39. The molecule has 3 rings (SSSR count). The molecule has 0 unspecified atom stereocenters. The summed E-state index contributed by atoms with van der Waals surface area (Å²) in [5.41, 5.74) is 7.54. The van der Waals surface area contributed by atoms with Gasteiger partial charge in [-0.2, -0.15) is 0 Å². The molecule has 0 saturated carbocycles. The first kappa shape index (κ1) is 13.7. The molecule has 0 bridgehead atoms. The lowest BCUT2D eigenvalue weighted by Gasteiger charge is -2.34. The number of imidazole rings is 1. The number of fused-ring (bicyclic) bond motifs is 1. The second-order valence-corrected chi connectivity index (χ2v) is 6.20. The van der Waals surface area contributed by atoms with Crippen molar-refractivity contribution in [2.45, 2.75) is 38.6 Å². The lowest BCUT2D eigenvalue weighted by Crippen LogP contribution is -2.38. The van der Waals surface area contributed by atoms with Crippen LogP contribution in [-0.2, 0) is 0 Å². The molecule has 1 fully saturated rings. The van der Waals surface area contributed by atoms with Crippen LogP contribution in [0.15, 0.2) is 18.3 Å². The lowest BCUT2D eigenvalue weighted by molar-refractivity contribution is 0.169. The Morgan fingerprint density at radius 1 is 1.35 bits per heavy atom. The van der Waals surface area contributed by atoms with Crippen LogP contribution in [0.4, 0.5) is 5.69 Å². The SMILES string of the molecule is CC(C)N1CCC(c2nc(Cl)c3c(N)cccn23)CC1. The van der Waals surface area contributed by atoms with Crippen molar-refractivity contribution < 1.29 is 0 Å². The Morgan fingerprint density at radius 3 is 2.70 bits per heavy atom. The minimum absolute atomic E-state index is 0.465. The first-order valence-corrected chi connectivity index (χ1v) is 7.61. The maximum absolute atomic E-state index is 6.26. The number of hydrogen-bond acceptors (Lipinski definition) is 3. The van der Waals surface area contributed by atoms with Crippen LogP contribution in [-0.4, -0.2) is 33.4 Å². The largest absolute Gasteiger partial charge is 0.397 e. The van der Waals surface area contributed by atoms with Crippen LogP contribution in [0.3, 0.4) is 0 Å². The summed E-state index contributed by atoms with van der Waals surface area (Å²) < 4.78 is 2.06. The van der Waals surface area contributed by atoms with Crippen LogP contribution in [0.25, 0.3) is 5.52 Å². The Bertz CT molecular complexity index is 612. The number of piperidine rings is 1. The van der Waals surface area contributed by atoms with Crippen molar-refractivity contribution in [2.24, 2.45) is 0 Å². The third-order valence-electron chi connectivity index (χ3n) is 4.31. The molecule has 0 spiro atoms. The van der Waals surface area contributed by atoms with E-state index in [-0.39, 0.29) is 0 Å². The van der Waals surface area contributed by atoms with Crippen molar-refractivity contribution in [1.29, 1.82) is 0 Å². The molecule has 0 atom stereocenters. The number of pyridine rings is 1. The Kier molecular flexibility index (Phi) is 3.61. The molecular formula is C15H21ClN4. The highest BCUT2D eigenvalue weighted by atomic mass is 35.5. The molecule has 1 aliphatic rings. The number of rotatable bonds is 2. The Morgan fingerprint density at radius 2 is 2.05 bits per heavy atom. The third kappa shape index (κ3) is 2.27. The highest BCUT2D eigenvalue weighted by Crippen LogP contribution is 2.32. The first-order valence-electron chi connectivity index (χ1n) is 7.24. The molecule has 5 heteroatoms. The molecule has 0 aliphatic carbocycles. The van der Waals surface area contributed by atoms with Crippen LogP contribution in [0, 0.1) is 0 Å². The van der Waals surface area contributed by atoms with Crippen LogP contribution < -0.4 is 5.73 Å². The predicted octanol–water partition coefficient (Wildman–Crippen LogP) is 3.16. The molecule has 1 aliphatic heterocycles. The van der Waals surface area contributed by atoms with Crippen molar-refractivity contribution in [3.63, 3.8) is 0 Å². The van der Waals surface area contributed by atoms with E-state index in [0.717, 1.165) is 37.3 Å². The molecule has 4 nitrogen and oxygen atoms in total. The third-order valence-corrected chi connectivity index (χ3v) is 4.57. The van der Waals surface area contributed by atoms with E-state index in [2.05, 4.69) is 28.1 Å². The number of nitrogen functional groups attached to an aromatic ring is 1. The standard InChI is InChI=1S/C15H21ClN4/c1-10(2)19-8-5-11(6-9-19)15-18-14(16)13-12(17)4-3-7-20(13)15/h3-4,7,10-11H,5-6,8-9,17H2,1-2H3. The van der Waals surface area contributed by atoms with Gasteiger partial charge in [-0.3, -0.25) is 0 Å². The van der Waals surface area contributed by atoms with Gasteiger partial charge in [0.1, 0.15) is 11.3 Å². The average Bonchev–Trinajstić information content (AvgIpc) is 2.77. The van der Waals surface area contributed by atoms with E-state index in [9.17, 15) is 0 Å². The second-order valence-electron chi connectivity index (χ2n) is 5.85. The molecular weight excluding hydrogens is 272 g/mol. The van der Waals surface area contributed by atoms with E-state index >= 15 is 0 Å². The normalized spacial score (nSPS) is 18.2. The van der Waals surface area contributed by atoms with Gasteiger partial charge in [-0.25, -0.2) is 4.98 Å². The predicted molar refractivity (Wildman–Crippen MR) is 83.3 cm³/mol. The zero-order valence-electron chi connectivity index (χ0n) is 12.0. The summed E-state index contributed by atoms with van der Waals surface area (Å²) >= 11 is 6.26. The number of nitrogens with two attached hydrogens (primary N) is 1. The molecule has 2 aromatic rings. The molecule has 3 heterocycles. The molecule has 0 aromatic carbocycles. The number of likely N-dealkylation sites (tertiary alicyclic amines) is 1. The smallest absolute Gasteiger partial charge is 0.157 e. The van der Waals surface area contributed by atoms with E-state index in [1.54, 1.807) is 0 Å². The van der Waals surface area contributed by atoms with Gasteiger partial charge in [0.2, 0.25) is 0 Å². The van der Waals surface area contributed by atoms with Crippen LogP contribution in [0.5, 0.6) is 0 Å². The van der Waals surface area contributed by atoms with Crippen LogP contribution in [0.2, 0.25) is 5.15 Å². The molecule has 1 saturated heterocycles. The monoisotopic (exact) mass is 292 g/mol. The zero-order valence-corrected chi connectivity index (χ0v) is 12.8. The van der Waals surface area contributed by atoms with Crippen molar-refractivity contribution in [3.05, 3.63) is 29.3 Å². The fourth-order valence-electron chi connectivity index (χ4n) is 3.10. The number of anilines is 1. The van der Waals surface area contributed by atoms with Crippen molar-refractivity contribution in [1.82, 2.24) is 14.3 Å². The molecule has 0 radical (unpaired) electrons. The summed E-state index contributed by atoms with van der Waals surface area (Å²) in [7, 11) is 0. The van der Waals surface area contributed by atoms with Crippen LogP contribution in [0.1, 0.15) is 38.4 Å². The van der Waals surface area contributed by atoms with Gasteiger partial charge in [0.25, 0.3) is 0 Å². The van der Waals surface area contributed by atoms with Crippen molar-refractivity contribution in [3.8, 4) is 0 Å². The van der Waals surface area contributed by atoms with Crippen LogP contribution >= 0.6 is 11.6 Å². The van der Waals surface area contributed by atoms with Gasteiger partial charge in [0, 0.05) is 18.2 Å². The summed E-state index contributed by atoms with van der Waals surface area (Å²) in [6.45, 7) is 6.75. The van der Waals surface area contributed by atoms with Gasteiger partial charge >= 0.3 is 0 Å². The minimum Gasteiger partial charge on any atom is -0.397 e. The summed E-state index contributed by atoms with van der Waals surface area (Å²) in [6.07, 6.45) is 4.26. The number of halogens is 1. The zero-order chi connectivity index (χ0) is 14.3. The first-order chi connectivity index (χ1) is 9.58. The maximum atomic E-state index is 6.26. The molecule has 2 aromatic heterocycles. The average molecular weight is 293 g/mol. The minimum atomic E-state index is 0.465. The molecule has 108 valence electrons. The number of nitrogens with zero attached hydrogens (tertiary/aromatic N) is 3. The van der Waals surface area contributed by atoms with E-state index in [0.29, 0.717) is 22.8 Å². The summed E-state index contributed by atoms with van der Waals surface area (Å²) in [6, 6.07) is 4.44. The lowest BCUT2D eigenvalue weighted by atomic mass is 9.95. The van der Waals surface area contributed by atoms with Gasteiger partial charge in [0.15, 0.2) is 5.15 Å². The van der Waals surface area contributed by atoms with E-state index in [1.807, 2.05) is 18.3 Å². The Labute approximate surface area is 124 Å². The summed E-state index contributed by atoms with van der Waals surface area (Å²) in [5, 5.41) is 0.518. The molecule has 20 heavy (non-hydrogen) atoms. The van der Waals surface area contributed by atoms with Gasteiger partial charge in [-0.05, 0) is 51.9 Å². The maximum Gasteiger partial charge on any atom is 0.157 e. The quantitative estimate of drug-likeness (QED) is 0.925. The van der Waals surface area contributed by atoms with Crippen molar-refractivity contribution in [2.75, 3.05) is 18.8 Å². The Hall–Kier alpha value is -1.26. The molecule has 2 N–H and O–H groups in total. The van der Waals surface area contributed by atoms with Crippen molar-refractivity contribution >= 4 is 22.8 Å². The van der Waals surface area contributed by atoms with Gasteiger partial charge in [0.05, 0.1) is 5.69 Å². The Balaban J connectivity index is 1.91. The van der Waals surface area contributed by atoms with E-state index in [1.165, 1.54) is 0 Å². The number of aromatic nitrogens is 2. The highest BCUT2D eigenvalue weighted by Gasteiger charge is 2.26. The number of hydrogen-bond donors (Lipinski definition) is 1. The summed E-state index contributed by atoms with van der Waals surface area (Å²) in [5.74, 6) is 1.52.